The molecule has 0 saturated carbocycles. The highest BCUT2D eigenvalue weighted by Gasteiger charge is 2.15. The molecule has 0 aliphatic rings. The molecule has 3 N–H and O–H groups in total. The third-order valence-corrected chi connectivity index (χ3v) is 7.07. The third kappa shape index (κ3) is 4.63. The molecule has 0 aliphatic carbocycles. The molecule has 0 atom stereocenters. The SMILES string of the molecule is CCS(=O)(=O)Nc1cc(-c2ccc(F)cc2F)cc(-n2cnc3cc(-c4ccc(N)nc4)ccc32)c1. The van der Waals surface area contributed by atoms with Gasteiger partial charge < -0.3 is 5.73 Å². The van der Waals surface area contributed by atoms with Crippen molar-refractivity contribution >= 4 is 32.6 Å². The minimum absolute atomic E-state index is 0.131. The van der Waals surface area contributed by atoms with Crippen molar-refractivity contribution in [3.8, 4) is 27.9 Å². The average molecular weight is 506 g/mol. The molecular weight excluding hydrogens is 484 g/mol. The molecule has 0 fully saturated rings. The Kier molecular flexibility index (Phi) is 5.89. The van der Waals surface area contributed by atoms with Crippen molar-refractivity contribution in [1.82, 2.24) is 14.5 Å². The number of imidazole rings is 1. The summed E-state index contributed by atoms with van der Waals surface area (Å²) in [5, 5.41) is 0. The number of pyridine rings is 1. The van der Waals surface area contributed by atoms with Crippen molar-refractivity contribution in [1.29, 1.82) is 0 Å². The molecule has 0 amide bonds. The van der Waals surface area contributed by atoms with E-state index in [1.54, 1.807) is 35.3 Å². The summed E-state index contributed by atoms with van der Waals surface area (Å²) < 4.78 is 56.9. The number of nitrogen functional groups attached to an aromatic ring is 1. The van der Waals surface area contributed by atoms with E-state index in [0.29, 0.717) is 22.6 Å². The molecule has 2 aromatic heterocycles. The number of nitrogens with zero attached hydrogens (tertiary/aromatic N) is 3. The number of hydrogen-bond donors (Lipinski definition) is 2. The highest BCUT2D eigenvalue weighted by atomic mass is 32.2. The fraction of sp³-hybridized carbons (Fsp3) is 0.0769. The van der Waals surface area contributed by atoms with Gasteiger partial charge in [0.2, 0.25) is 10.0 Å². The summed E-state index contributed by atoms with van der Waals surface area (Å²) in [7, 11) is -3.60. The van der Waals surface area contributed by atoms with Crippen LogP contribution in [0.4, 0.5) is 20.3 Å². The molecule has 36 heavy (non-hydrogen) atoms. The van der Waals surface area contributed by atoms with E-state index in [-0.39, 0.29) is 17.0 Å². The fourth-order valence-corrected chi connectivity index (χ4v) is 4.54. The lowest BCUT2D eigenvalue weighted by molar-refractivity contribution is 0.585. The molecule has 10 heteroatoms. The standard InChI is InChI=1S/C26H21F2N5O2S/c1-2-36(34,35)32-20-9-18(22-6-5-19(27)12-23(22)28)10-21(13-20)33-15-31-24-11-16(3-7-25(24)33)17-4-8-26(29)30-14-17/h3-15,32H,2H2,1H3,(H2,29,30). The fourth-order valence-electron chi connectivity index (χ4n) is 3.91. The van der Waals surface area contributed by atoms with Crippen LogP contribution >= 0.6 is 0 Å². The van der Waals surface area contributed by atoms with Crippen molar-refractivity contribution in [2.24, 2.45) is 0 Å². The Hall–Kier alpha value is -4.31. The summed E-state index contributed by atoms with van der Waals surface area (Å²) >= 11 is 0. The van der Waals surface area contributed by atoms with E-state index in [4.69, 9.17) is 5.73 Å². The van der Waals surface area contributed by atoms with Gasteiger partial charge in [0.05, 0.1) is 22.5 Å². The second-order valence-corrected chi connectivity index (χ2v) is 10.2. The summed E-state index contributed by atoms with van der Waals surface area (Å²) in [5.41, 5.74) is 10.2. The molecule has 0 spiro atoms. The Labute approximate surface area is 206 Å². The highest BCUT2D eigenvalue weighted by Crippen LogP contribution is 2.32. The Morgan fingerprint density at radius 3 is 2.44 bits per heavy atom. The molecule has 7 nitrogen and oxygen atoms in total. The highest BCUT2D eigenvalue weighted by molar-refractivity contribution is 7.92. The molecule has 0 bridgehead atoms. The smallest absolute Gasteiger partial charge is 0.232 e. The summed E-state index contributed by atoms with van der Waals surface area (Å²) in [5.74, 6) is -1.16. The van der Waals surface area contributed by atoms with E-state index in [1.165, 1.54) is 19.1 Å². The Morgan fingerprint density at radius 2 is 1.72 bits per heavy atom. The lowest BCUT2D eigenvalue weighted by Gasteiger charge is -2.14. The summed E-state index contributed by atoms with van der Waals surface area (Å²) in [6.45, 7) is 1.52. The normalized spacial score (nSPS) is 11.6. The van der Waals surface area contributed by atoms with Gasteiger partial charge in [0, 0.05) is 29.1 Å². The summed E-state index contributed by atoms with van der Waals surface area (Å²) in [4.78, 5) is 8.63. The minimum Gasteiger partial charge on any atom is -0.384 e. The topological polar surface area (TPSA) is 103 Å². The second kappa shape index (κ2) is 9.04. The van der Waals surface area contributed by atoms with Gasteiger partial charge in [-0.15, -0.1) is 0 Å². The van der Waals surface area contributed by atoms with Crippen molar-refractivity contribution in [2.75, 3.05) is 16.2 Å². The van der Waals surface area contributed by atoms with Crippen LogP contribution in [-0.2, 0) is 10.0 Å². The van der Waals surface area contributed by atoms with Crippen molar-refractivity contribution in [3.05, 3.63) is 90.9 Å². The number of anilines is 2. The van der Waals surface area contributed by atoms with E-state index in [2.05, 4.69) is 14.7 Å². The van der Waals surface area contributed by atoms with Crippen molar-refractivity contribution in [3.63, 3.8) is 0 Å². The van der Waals surface area contributed by atoms with E-state index >= 15 is 0 Å². The van der Waals surface area contributed by atoms with Gasteiger partial charge in [-0.25, -0.2) is 27.2 Å². The lowest BCUT2D eigenvalue weighted by atomic mass is 10.0. The number of fused-ring (bicyclic) bond motifs is 1. The first-order valence-corrected chi connectivity index (χ1v) is 12.7. The quantitative estimate of drug-likeness (QED) is 0.323. The van der Waals surface area contributed by atoms with Crippen LogP contribution in [0.15, 0.2) is 79.3 Å². The van der Waals surface area contributed by atoms with Crippen LogP contribution in [0, 0.1) is 11.6 Å². The van der Waals surface area contributed by atoms with Crippen LogP contribution in [0.1, 0.15) is 6.92 Å². The summed E-state index contributed by atoms with van der Waals surface area (Å²) in [6, 6.07) is 17.4. The minimum atomic E-state index is -3.60. The van der Waals surface area contributed by atoms with Crippen LogP contribution in [0.2, 0.25) is 0 Å². The first-order chi connectivity index (χ1) is 17.2. The van der Waals surface area contributed by atoms with Crippen molar-refractivity contribution < 1.29 is 17.2 Å². The van der Waals surface area contributed by atoms with Gasteiger partial charge in [-0.05, 0) is 72.6 Å². The van der Waals surface area contributed by atoms with Gasteiger partial charge in [-0.2, -0.15) is 0 Å². The summed E-state index contributed by atoms with van der Waals surface area (Å²) in [6.07, 6.45) is 3.29. The Balaban J connectivity index is 1.64. The van der Waals surface area contributed by atoms with E-state index in [0.717, 1.165) is 28.8 Å². The zero-order valence-electron chi connectivity index (χ0n) is 19.1. The van der Waals surface area contributed by atoms with Gasteiger partial charge in [0.1, 0.15) is 23.8 Å². The van der Waals surface area contributed by atoms with Crippen LogP contribution in [0.3, 0.4) is 0 Å². The monoisotopic (exact) mass is 505 g/mol. The van der Waals surface area contributed by atoms with Crippen LogP contribution in [0.25, 0.3) is 39.0 Å². The third-order valence-electron chi connectivity index (χ3n) is 5.76. The predicted octanol–water partition coefficient (Wildman–Crippen LogP) is 5.38. The number of aromatic nitrogens is 3. The van der Waals surface area contributed by atoms with Gasteiger partial charge in [-0.3, -0.25) is 9.29 Å². The average Bonchev–Trinajstić information content (AvgIpc) is 3.27. The number of nitrogens with one attached hydrogen (secondary N) is 1. The Bertz CT molecular complexity index is 1700. The first kappa shape index (κ1) is 23.4. The van der Waals surface area contributed by atoms with Gasteiger partial charge in [0.15, 0.2) is 0 Å². The molecule has 3 aromatic carbocycles. The molecule has 0 saturated heterocycles. The molecule has 5 aromatic rings. The maximum Gasteiger partial charge on any atom is 0.232 e. The van der Waals surface area contributed by atoms with Gasteiger partial charge in [-0.1, -0.05) is 6.07 Å². The number of rotatable bonds is 6. The second-order valence-electron chi connectivity index (χ2n) is 8.19. The number of sulfonamides is 1. The lowest BCUT2D eigenvalue weighted by Crippen LogP contribution is -2.15. The predicted molar refractivity (Wildman–Crippen MR) is 137 cm³/mol. The zero-order valence-corrected chi connectivity index (χ0v) is 19.9. The number of nitrogens with two attached hydrogens (primary N) is 1. The maximum atomic E-state index is 14.6. The zero-order chi connectivity index (χ0) is 25.4. The van der Waals surface area contributed by atoms with Crippen LogP contribution in [0.5, 0.6) is 0 Å². The molecule has 2 heterocycles. The molecular formula is C26H21F2N5O2S. The molecule has 0 radical (unpaired) electrons. The molecule has 5 rings (SSSR count). The van der Waals surface area contributed by atoms with Gasteiger partial charge in [0.25, 0.3) is 0 Å². The largest absolute Gasteiger partial charge is 0.384 e. The molecule has 0 unspecified atom stereocenters. The maximum absolute atomic E-state index is 14.6. The Morgan fingerprint density at radius 1 is 0.917 bits per heavy atom. The van der Waals surface area contributed by atoms with Gasteiger partial charge >= 0.3 is 0 Å². The van der Waals surface area contributed by atoms with Crippen molar-refractivity contribution in [2.45, 2.75) is 6.92 Å². The first-order valence-electron chi connectivity index (χ1n) is 11.0. The van der Waals surface area contributed by atoms with E-state index in [9.17, 15) is 17.2 Å². The molecule has 0 aliphatic heterocycles. The molecule has 182 valence electrons. The van der Waals surface area contributed by atoms with E-state index in [1.807, 2.05) is 24.3 Å². The van der Waals surface area contributed by atoms with Crippen LogP contribution < -0.4 is 10.5 Å². The number of halogens is 2. The van der Waals surface area contributed by atoms with E-state index < -0.39 is 21.7 Å². The number of hydrogen-bond acceptors (Lipinski definition) is 5. The van der Waals surface area contributed by atoms with Crippen LogP contribution in [-0.4, -0.2) is 28.7 Å². The number of benzene rings is 3.